The van der Waals surface area contributed by atoms with Crippen molar-refractivity contribution in [2.45, 2.75) is 25.5 Å². The van der Waals surface area contributed by atoms with Gasteiger partial charge in [0, 0.05) is 31.4 Å². The van der Waals surface area contributed by atoms with Crippen LogP contribution in [0.5, 0.6) is 5.75 Å². The van der Waals surface area contributed by atoms with Gasteiger partial charge in [-0.3, -0.25) is 4.90 Å². The zero-order valence-electron chi connectivity index (χ0n) is 10.8. The summed E-state index contributed by atoms with van der Waals surface area (Å²) in [5.74, 6) is 0.221. The minimum atomic E-state index is -2.76. The van der Waals surface area contributed by atoms with Crippen molar-refractivity contribution in [3.8, 4) is 5.75 Å². The van der Waals surface area contributed by atoms with E-state index < -0.39 is 6.61 Å². The number of halogens is 2. The molecule has 19 heavy (non-hydrogen) atoms. The van der Waals surface area contributed by atoms with Gasteiger partial charge in [0.05, 0.1) is 0 Å². The van der Waals surface area contributed by atoms with Crippen LogP contribution in [0, 0.1) is 0 Å². The maximum absolute atomic E-state index is 12.1. The monoisotopic (exact) mass is 268 g/mol. The third-order valence-corrected chi connectivity index (χ3v) is 4.01. The number of ether oxygens (including phenoxy) is 1. The molecule has 1 aromatic carbocycles. The zero-order valence-corrected chi connectivity index (χ0v) is 10.8. The van der Waals surface area contributed by atoms with Crippen LogP contribution in [0.3, 0.4) is 0 Å². The Labute approximate surface area is 111 Å². The Balaban J connectivity index is 1.65. The summed E-state index contributed by atoms with van der Waals surface area (Å²) in [6.07, 6.45) is 2.56. The molecule has 104 valence electrons. The second-order valence-corrected chi connectivity index (χ2v) is 5.15. The van der Waals surface area contributed by atoms with Gasteiger partial charge in [0.2, 0.25) is 0 Å². The third-order valence-electron chi connectivity index (χ3n) is 4.01. The van der Waals surface area contributed by atoms with Crippen LogP contribution in [0.2, 0.25) is 0 Å². The van der Waals surface area contributed by atoms with Crippen LogP contribution in [0.1, 0.15) is 12.8 Å². The normalized spacial score (nSPS) is 23.7. The molecule has 0 aromatic heterocycles. The van der Waals surface area contributed by atoms with E-state index >= 15 is 0 Å². The molecule has 3 rings (SSSR count). The summed E-state index contributed by atoms with van der Waals surface area (Å²) in [4.78, 5) is 4.88. The van der Waals surface area contributed by atoms with Gasteiger partial charge in [0.15, 0.2) is 0 Å². The SMILES string of the molecule is FC(F)Oc1ccc(N2CCN3CCCC3C2)cc1. The first-order valence-corrected chi connectivity index (χ1v) is 6.76. The van der Waals surface area contributed by atoms with E-state index in [1.165, 1.54) is 19.4 Å². The Morgan fingerprint density at radius 2 is 1.89 bits per heavy atom. The van der Waals surface area contributed by atoms with Gasteiger partial charge in [0.1, 0.15) is 5.75 Å². The molecule has 0 saturated carbocycles. The first-order chi connectivity index (χ1) is 9.22. The second-order valence-electron chi connectivity index (χ2n) is 5.15. The molecule has 5 heteroatoms. The van der Waals surface area contributed by atoms with Crippen molar-refractivity contribution in [3.05, 3.63) is 24.3 Å². The van der Waals surface area contributed by atoms with Crippen molar-refractivity contribution in [1.29, 1.82) is 0 Å². The highest BCUT2D eigenvalue weighted by Gasteiger charge is 2.30. The molecule has 2 aliphatic heterocycles. The summed E-state index contributed by atoms with van der Waals surface area (Å²) in [7, 11) is 0. The van der Waals surface area contributed by atoms with Crippen molar-refractivity contribution in [3.63, 3.8) is 0 Å². The lowest BCUT2D eigenvalue weighted by atomic mass is 10.1. The van der Waals surface area contributed by atoms with Gasteiger partial charge in [-0.1, -0.05) is 0 Å². The van der Waals surface area contributed by atoms with Crippen LogP contribution in [0.15, 0.2) is 24.3 Å². The van der Waals surface area contributed by atoms with E-state index in [0.717, 1.165) is 25.3 Å². The van der Waals surface area contributed by atoms with Crippen LogP contribution in [-0.4, -0.2) is 43.7 Å². The molecular formula is C14H18F2N2O. The van der Waals surface area contributed by atoms with Crippen LogP contribution < -0.4 is 9.64 Å². The van der Waals surface area contributed by atoms with Gasteiger partial charge in [-0.25, -0.2) is 0 Å². The molecule has 2 heterocycles. The Morgan fingerprint density at radius 1 is 1.11 bits per heavy atom. The second kappa shape index (κ2) is 5.33. The Hall–Kier alpha value is -1.36. The van der Waals surface area contributed by atoms with E-state index in [0.29, 0.717) is 6.04 Å². The molecule has 0 amide bonds. The van der Waals surface area contributed by atoms with Crippen LogP contribution >= 0.6 is 0 Å². The number of hydrogen-bond acceptors (Lipinski definition) is 3. The van der Waals surface area contributed by atoms with Crippen molar-refractivity contribution in [2.24, 2.45) is 0 Å². The standard InChI is InChI=1S/C14H18F2N2O/c15-14(16)19-13-5-3-11(4-6-13)18-9-8-17-7-1-2-12(17)10-18/h3-6,12,14H,1-2,7-10H2. The smallest absolute Gasteiger partial charge is 0.387 e. The average molecular weight is 268 g/mol. The highest BCUT2D eigenvalue weighted by atomic mass is 19.3. The number of nitrogens with zero attached hydrogens (tertiary/aromatic N) is 2. The summed E-state index contributed by atoms with van der Waals surface area (Å²) < 4.78 is 28.5. The summed E-state index contributed by atoms with van der Waals surface area (Å²) in [5.41, 5.74) is 1.09. The lowest BCUT2D eigenvalue weighted by molar-refractivity contribution is -0.0498. The molecule has 2 fully saturated rings. The van der Waals surface area contributed by atoms with Crippen LogP contribution in [-0.2, 0) is 0 Å². The number of hydrogen-bond donors (Lipinski definition) is 0. The van der Waals surface area contributed by atoms with Crippen molar-refractivity contribution < 1.29 is 13.5 Å². The molecule has 0 spiro atoms. The van der Waals surface area contributed by atoms with Gasteiger partial charge >= 0.3 is 6.61 Å². The summed E-state index contributed by atoms with van der Waals surface area (Å²) >= 11 is 0. The predicted octanol–water partition coefficient (Wildman–Crippen LogP) is 2.57. The topological polar surface area (TPSA) is 15.7 Å². The summed E-state index contributed by atoms with van der Waals surface area (Å²) in [6.45, 7) is 1.60. The molecule has 1 unspecified atom stereocenters. The van der Waals surface area contributed by atoms with Crippen LogP contribution in [0.4, 0.5) is 14.5 Å². The minimum Gasteiger partial charge on any atom is -0.435 e. The fourth-order valence-corrected chi connectivity index (χ4v) is 3.06. The number of fused-ring (bicyclic) bond motifs is 1. The molecule has 0 N–H and O–H groups in total. The largest absolute Gasteiger partial charge is 0.435 e. The van der Waals surface area contributed by atoms with E-state index in [1.54, 1.807) is 12.1 Å². The number of rotatable bonds is 3. The zero-order chi connectivity index (χ0) is 13.2. The molecule has 2 saturated heterocycles. The minimum absolute atomic E-state index is 0.221. The van der Waals surface area contributed by atoms with Gasteiger partial charge in [-0.2, -0.15) is 8.78 Å². The lowest BCUT2D eigenvalue weighted by Crippen LogP contribution is -2.50. The van der Waals surface area contributed by atoms with Gasteiger partial charge < -0.3 is 9.64 Å². The molecule has 0 aliphatic carbocycles. The fraction of sp³-hybridized carbons (Fsp3) is 0.571. The van der Waals surface area contributed by atoms with E-state index in [4.69, 9.17) is 0 Å². The van der Waals surface area contributed by atoms with Crippen molar-refractivity contribution in [1.82, 2.24) is 4.90 Å². The van der Waals surface area contributed by atoms with E-state index in [9.17, 15) is 8.78 Å². The highest BCUT2D eigenvalue weighted by molar-refractivity contribution is 5.49. The molecule has 0 radical (unpaired) electrons. The summed E-state index contributed by atoms with van der Waals surface area (Å²) in [6, 6.07) is 7.61. The molecule has 1 atom stereocenters. The number of anilines is 1. The Kier molecular flexibility index (Phi) is 3.55. The molecule has 0 bridgehead atoms. The Bertz CT molecular complexity index is 424. The van der Waals surface area contributed by atoms with Gasteiger partial charge in [-0.05, 0) is 43.7 Å². The molecule has 3 nitrogen and oxygen atoms in total. The first-order valence-electron chi connectivity index (χ1n) is 6.76. The lowest BCUT2D eigenvalue weighted by Gasteiger charge is -2.38. The summed E-state index contributed by atoms with van der Waals surface area (Å²) in [5, 5.41) is 0. The molecule has 2 aliphatic rings. The fourth-order valence-electron chi connectivity index (χ4n) is 3.06. The van der Waals surface area contributed by atoms with Crippen LogP contribution in [0.25, 0.3) is 0 Å². The third kappa shape index (κ3) is 2.81. The van der Waals surface area contributed by atoms with Crippen molar-refractivity contribution >= 4 is 5.69 Å². The average Bonchev–Trinajstić information content (AvgIpc) is 2.86. The number of benzene rings is 1. The van der Waals surface area contributed by atoms with Gasteiger partial charge in [-0.15, -0.1) is 0 Å². The van der Waals surface area contributed by atoms with Gasteiger partial charge in [0.25, 0.3) is 0 Å². The van der Waals surface area contributed by atoms with E-state index in [2.05, 4.69) is 14.5 Å². The maximum atomic E-state index is 12.1. The van der Waals surface area contributed by atoms with E-state index in [-0.39, 0.29) is 5.75 Å². The maximum Gasteiger partial charge on any atom is 0.387 e. The van der Waals surface area contributed by atoms with Crippen molar-refractivity contribution in [2.75, 3.05) is 31.1 Å². The highest BCUT2D eigenvalue weighted by Crippen LogP contribution is 2.27. The van der Waals surface area contributed by atoms with E-state index in [1.807, 2.05) is 12.1 Å². The predicted molar refractivity (Wildman–Crippen MR) is 69.9 cm³/mol. The quantitative estimate of drug-likeness (QED) is 0.838. The number of alkyl halides is 2. The number of piperazine rings is 1. The molecular weight excluding hydrogens is 250 g/mol. The molecule has 1 aromatic rings. The first kappa shape index (κ1) is 12.7. The Morgan fingerprint density at radius 3 is 2.63 bits per heavy atom.